The van der Waals surface area contributed by atoms with Gasteiger partial charge in [-0.2, -0.15) is 0 Å². The fraction of sp³-hybridized carbons (Fsp3) is 0.455. The van der Waals surface area contributed by atoms with Gasteiger partial charge in [0.25, 0.3) is 0 Å². The Hall–Kier alpha value is -0.540. The summed E-state index contributed by atoms with van der Waals surface area (Å²) >= 11 is 3.48. The third-order valence-corrected chi connectivity index (χ3v) is 2.98. The molecule has 76 valence electrons. The molecule has 3 heteroatoms. The van der Waals surface area contributed by atoms with Crippen molar-refractivity contribution in [2.24, 2.45) is 0 Å². The van der Waals surface area contributed by atoms with Crippen molar-refractivity contribution >= 4 is 15.9 Å². The third-order valence-electron chi connectivity index (χ3n) is 2.52. The number of benzene rings is 1. The summed E-state index contributed by atoms with van der Waals surface area (Å²) in [5.74, 6) is 0.981. The van der Waals surface area contributed by atoms with E-state index in [1.54, 1.807) is 0 Å². The van der Waals surface area contributed by atoms with Gasteiger partial charge in [0.1, 0.15) is 11.9 Å². The van der Waals surface area contributed by atoms with Gasteiger partial charge in [-0.1, -0.05) is 22.9 Å². The minimum absolute atomic E-state index is 0.0513. The van der Waals surface area contributed by atoms with Crippen molar-refractivity contribution < 1.29 is 9.84 Å². The first-order valence-electron chi connectivity index (χ1n) is 4.83. The quantitative estimate of drug-likeness (QED) is 0.880. The zero-order valence-corrected chi connectivity index (χ0v) is 9.67. The van der Waals surface area contributed by atoms with Gasteiger partial charge in [0, 0.05) is 10.9 Å². The smallest absolute Gasteiger partial charge is 0.126 e. The zero-order chi connectivity index (χ0) is 10.1. The first kappa shape index (κ1) is 9.99. The molecule has 1 aliphatic rings. The van der Waals surface area contributed by atoms with Crippen molar-refractivity contribution in [1.82, 2.24) is 0 Å². The summed E-state index contributed by atoms with van der Waals surface area (Å²) in [5.41, 5.74) is 2.42. The van der Waals surface area contributed by atoms with Crippen LogP contribution in [0.2, 0.25) is 0 Å². The van der Waals surface area contributed by atoms with Crippen molar-refractivity contribution in [3.8, 4) is 5.75 Å². The van der Waals surface area contributed by atoms with Crippen LogP contribution >= 0.6 is 15.9 Å². The molecule has 0 amide bonds. The molecule has 1 aliphatic heterocycles. The minimum atomic E-state index is -0.0513. The molecule has 0 fully saturated rings. The molecule has 1 aromatic rings. The Balaban J connectivity index is 2.40. The van der Waals surface area contributed by atoms with Gasteiger partial charge in [0.05, 0.1) is 6.61 Å². The molecule has 0 saturated carbocycles. The molecule has 0 aliphatic carbocycles. The van der Waals surface area contributed by atoms with Crippen LogP contribution in [0.25, 0.3) is 0 Å². The lowest BCUT2D eigenvalue weighted by molar-refractivity contribution is 0.134. The van der Waals surface area contributed by atoms with E-state index >= 15 is 0 Å². The SMILES string of the molecule is CCc1cc(Br)cc2c1OC(CO)C2. The fourth-order valence-corrected chi connectivity index (χ4v) is 2.39. The predicted molar refractivity (Wildman–Crippen MR) is 58.7 cm³/mol. The maximum atomic E-state index is 9.03. The van der Waals surface area contributed by atoms with Gasteiger partial charge >= 0.3 is 0 Å². The number of rotatable bonds is 2. The number of aliphatic hydroxyl groups is 1. The van der Waals surface area contributed by atoms with Gasteiger partial charge in [0.2, 0.25) is 0 Å². The van der Waals surface area contributed by atoms with E-state index in [4.69, 9.17) is 9.84 Å². The largest absolute Gasteiger partial charge is 0.487 e. The molecule has 0 saturated heterocycles. The Bertz CT molecular complexity index is 349. The second kappa shape index (κ2) is 3.91. The van der Waals surface area contributed by atoms with E-state index in [-0.39, 0.29) is 12.7 Å². The monoisotopic (exact) mass is 256 g/mol. The Labute approximate surface area is 92.0 Å². The maximum absolute atomic E-state index is 9.03. The van der Waals surface area contributed by atoms with E-state index in [1.807, 2.05) is 0 Å². The van der Waals surface area contributed by atoms with E-state index < -0.39 is 0 Å². The van der Waals surface area contributed by atoms with Crippen LogP contribution in [0.1, 0.15) is 18.1 Å². The van der Waals surface area contributed by atoms with E-state index in [9.17, 15) is 0 Å². The number of hydrogen-bond donors (Lipinski definition) is 1. The average Bonchev–Trinajstić information content (AvgIpc) is 2.59. The van der Waals surface area contributed by atoms with E-state index in [1.165, 1.54) is 11.1 Å². The lowest BCUT2D eigenvalue weighted by Gasteiger charge is -2.09. The summed E-state index contributed by atoms with van der Waals surface area (Å²) in [4.78, 5) is 0. The predicted octanol–water partition coefficient (Wildman–Crippen LogP) is 2.31. The topological polar surface area (TPSA) is 29.5 Å². The standard InChI is InChI=1S/C11H13BrO2/c1-2-7-3-9(12)4-8-5-10(6-13)14-11(7)8/h3-4,10,13H,2,5-6H2,1H3. The molecule has 1 unspecified atom stereocenters. The molecule has 14 heavy (non-hydrogen) atoms. The van der Waals surface area contributed by atoms with E-state index in [0.29, 0.717) is 0 Å². The highest BCUT2D eigenvalue weighted by atomic mass is 79.9. The first-order chi connectivity index (χ1) is 6.74. The number of halogens is 1. The molecule has 1 aromatic carbocycles. The molecule has 0 radical (unpaired) electrons. The molecule has 1 heterocycles. The minimum Gasteiger partial charge on any atom is -0.487 e. The van der Waals surface area contributed by atoms with Crippen molar-refractivity contribution in [2.75, 3.05) is 6.61 Å². The molecule has 2 rings (SSSR count). The number of fused-ring (bicyclic) bond motifs is 1. The summed E-state index contributed by atoms with van der Waals surface area (Å²) in [6.45, 7) is 2.20. The summed E-state index contributed by atoms with van der Waals surface area (Å²) < 4.78 is 6.76. The Morgan fingerprint density at radius 1 is 1.57 bits per heavy atom. The molecule has 1 atom stereocenters. The van der Waals surface area contributed by atoms with Gasteiger partial charge < -0.3 is 9.84 Å². The molecule has 0 aromatic heterocycles. The lowest BCUT2D eigenvalue weighted by Crippen LogP contribution is -2.17. The van der Waals surface area contributed by atoms with Crippen molar-refractivity contribution in [2.45, 2.75) is 25.9 Å². The third kappa shape index (κ3) is 1.66. The van der Waals surface area contributed by atoms with Crippen molar-refractivity contribution in [1.29, 1.82) is 0 Å². The fourth-order valence-electron chi connectivity index (χ4n) is 1.83. The highest BCUT2D eigenvalue weighted by molar-refractivity contribution is 9.10. The van der Waals surface area contributed by atoms with Gasteiger partial charge in [-0.15, -0.1) is 0 Å². The summed E-state index contributed by atoms with van der Waals surface area (Å²) in [5, 5.41) is 9.03. The molecule has 2 nitrogen and oxygen atoms in total. The summed E-state index contributed by atoms with van der Waals surface area (Å²) in [6.07, 6.45) is 1.72. The number of aliphatic hydroxyl groups excluding tert-OH is 1. The number of ether oxygens (including phenoxy) is 1. The van der Waals surface area contributed by atoms with Crippen LogP contribution in [-0.4, -0.2) is 17.8 Å². The van der Waals surface area contributed by atoms with Crippen molar-refractivity contribution in [3.05, 3.63) is 27.7 Å². The highest BCUT2D eigenvalue weighted by Gasteiger charge is 2.24. The second-order valence-electron chi connectivity index (χ2n) is 3.53. The Morgan fingerprint density at radius 3 is 3.00 bits per heavy atom. The van der Waals surface area contributed by atoms with E-state index in [0.717, 1.165) is 23.1 Å². The number of aryl methyl sites for hydroxylation is 1. The van der Waals surface area contributed by atoms with Crippen LogP contribution in [0.5, 0.6) is 5.75 Å². The van der Waals surface area contributed by atoms with Gasteiger partial charge in [-0.05, 0) is 29.7 Å². The maximum Gasteiger partial charge on any atom is 0.126 e. The van der Waals surface area contributed by atoms with Crippen LogP contribution in [0.15, 0.2) is 16.6 Å². The second-order valence-corrected chi connectivity index (χ2v) is 4.45. The lowest BCUT2D eigenvalue weighted by atomic mass is 10.1. The molecular formula is C11H13BrO2. The van der Waals surface area contributed by atoms with Crippen LogP contribution in [-0.2, 0) is 12.8 Å². The molecule has 1 N–H and O–H groups in total. The number of hydrogen-bond acceptors (Lipinski definition) is 2. The Morgan fingerprint density at radius 2 is 2.36 bits per heavy atom. The normalized spacial score (nSPS) is 19.2. The van der Waals surface area contributed by atoms with Crippen molar-refractivity contribution in [3.63, 3.8) is 0 Å². The first-order valence-corrected chi connectivity index (χ1v) is 5.62. The van der Waals surface area contributed by atoms with Crippen LogP contribution < -0.4 is 4.74 Å². The van der Waals surface area contributed by atoms with Crippen LogP contribution in [0.3, 0.4) is 0 Å². The summed E-state index contributed by atoms with van der Waals surface area (Å²) in [7, 11) is 0. The molecule has 0 bridgehead atoms. The zero-order valence-electron chi connectivity index (χ0n) is 8.09. The van der Waals surface area contributed by atoms with Crippen LogP contribution in [0.4, 0.5) is 0 Å². The van der Waals surface area contributed by atoms with Gasteiger partial charge in [-0.25, -0.2) is 0 Å². The van der Waals surface area contributed by atoms with E-state index in [2.05, 4.69) is 35.0 Å². The highest BCUT2D eigenvalue weighted by Crippen LogP contribution is 2.35. The molecular weight excluding hydrogens is 244 g/mol. The molecule has 0 spiro atoms. The summed E-state index contributed by atoms with van der Waals surface area (Å²) in [6, 6.07) is 4.16. The van der Waals surface area contributed by atoms with Gasteiger partial charge in [-0.3, -0.25) is 0 Å². The Kier molecular flexibility index (Phi) is 2.79. The average molecular weight is 257 g/mol. The van der Waals surface area contributed by atoms with Crippen LogP contribution in [0, 0.1) is 0 Å². The van der Waals surface area contributed by atoms with Gasteiger partial charge in [0.15, 0.2) is 0 Å².